The van der Waals surface area contributed by atoms with E-state index in [1.54, 1.807) is 12.1 Å². The summed E-state index contributed by atoms with van der Waals surface area (Å²) in [6.45, 7) is 10.5. The lowest BCUT2D eigenvalue weighted by molar-refractivity contribution is -0.147. The molecule has 1 aromatic rings. The summed E-state index contributed by atoms with van der Waals surface area (Å²) in [4.78, 5) is 69.4. The number of unbranched alkanes of at least 4 members (excludes halogenated alkanes) is 20. The maximum Gasteiger partial charge on any atom is 0.326 e. The highest BCUT2D eigenvalue weighted by Gasteiger charge is 2.23. The van der Waals surface area contributed by atoms with Gasteiger partial charge in [-0.3, -0.25) is 24.0 Å². The summed E-state index contributed by atoms with van der Waals surface area (Å²) >= 11 is 0. The Morgan fingerprint density at radius 3 is 1.34 bits per heavy atom. The van der Waals surface area contributed by atoms with Crippen LogP contribution in [-0.2, 0) is 30.5 Å². The number of carboxylic acids is 2. The van der Waals surface area contributed by atoms with Gasteiger partial charge in [-0.05, 0) is 49.8 Å². The van der Waals surface area contributed by atoms with Gasteiger partial charge in [0.1, 0.15) is 6.04 Å². The van der Waals surface area contributed by atoms with Gasteiger partial charge in [-0.25, -0.2) is 4.79 Å². The molecule has 0 aromatic heterocycles. The molecule has 1 unspecified atom stereocenters. The quantitative estimate of drug-likeness (QED) is 0.0420. The maximum atomic E-state index is 12.5. The largest absolute Gasteiger partial charge is 0.481 e. The van der Waals surface area contributed by atoms with Gasteiger partial charge in [0.15, 0.2) is 5.78 Å². The summed E-state index contributed by atoms with van der Waals surface area (Å²) in [5.74, 6) is -2.81. The molecule has 0 saturated carbocycles. The number of benzene rings is 1. The molecule has 5 N–H and O–H groups in total. The van der Waals surface area contributed by atoms with Gasteiger partial charge in [-0.15, -0.1) is 0 Å². The fraction of sp³-hybridized carbons (Fsp3) is 0.745. The predicted molar refractivity (Wildman–Crippen MR) is 234 cm³/mol. The Kier molecular flexibility index (Phi) is 34.0. The third-order valence-corrected chi connectivity index (χ3v) is 10.2. The normalized spacial score (nSPS) is 11.9. The zero-order valence-electron chi connectivity index (χ0n) is 37.0. The van der Waals surface area contributed by atoms with Gasteiger partial charge >= 0.3 is 11.9 Å². The number of Topliss-reactive ketones (excluding diaryl/α,β-unsaturated/α-hetero) is 1. The lowest BCUT2D eigenvalue weighted by Gasteiger charge is -2.18. The lowest BCUT2D eigenvalue weighted by Crippen LogP contribution is -2.42. The van der Waals surface area contributed by atoms with Crippen molar-refractivity contribution in [2.45, 2.75) is 220 Å². The van der Waals surface area contributed by atoms with Gasteiger partial charge < -0.3 is 26.2 Å². The van der Waals surface area contributed by atoms with Gasteiger partial charge in [0.2, 0.25) is 11.8 Å². The predicted octanol–water partition coefficient (Wildman–Crippen LogP) is 10.5. The highest BCUT2D eigenvalue weighted by Crippen LogP contribution is 2.14. The maximum absolute atomic E-state index is 12.5. The average Bonchev–Trinajstić information content (AvgIpc) is 3.17. The first-order valence-electron chi connectivity index (χ1n) is 22.7. The van der Waals surface area contributed by atoms with E-state index in [4.69, 9.17) is 10.2 Å². The average molecular weight is 816 g/mol. The molecule has 0 aliphatic rings. The zero-order chi connectivity index (χ0) is 43.4. The van der Waals surface area contributed by atoms with Gasteiger partial charge in [-0.1, -0.05) is 168 Å². The molecule has 1 rings (SSSR count). The lowest BCUT2D eigenvalue weighted by atomic mass is 10.0. The van der Waals surface area contributed by atoms with Crippen molar-refractivity contribution >= 4 is 35.4 Å². The summed E-state index contributed by atoms with van der Waals surface area (Å²) in [5, 5.41) is 25.5. The van der Waals surface area contributed by atoms with E-state index in [1.165, 1.54) is 116 Å². The van der Waals surface area contributed by atoms with Crippen LogP contribution in [0.25, 0.3) is 0 Å². The number of carbonyl (C=O) groups is 6. The number of nitrogens with one attached hydrogen (secondary N) is 3. The molecule has 2 atom stereocenters. The standard InChI is InChI=1S/C31H52N2O3.C16H29NO5/c1-5-6-7-8-9-10-11-12-13-14-15-16-17-18-30(35)32-24-27-19-21-28(22-20-27)31(36)33-29(26(4)34)23-25(2)3;1-2-3-4-5-6-7-8-9-10-11-14(18)17-13(16(21)22)12-15(19)20/h19-22,25,29H,5-18,23-24H2,1-4H3,(H,32,35)(H,33,36);13H,2-12H2,1H3,(H,17,18)(H,19,20)(H,21,22)/t29-;/m0./s1. The van der Waals surface area contributed by atoms with Crippen molar-refractivity contribution in [2.24, 2.45) is 5.92 Å². The fourth-order valence-corrected chi connectivity index (χ4v) is 6.64. The number of amides is 3. The molecule has 11 heteroatoms. The minimum absolute atomic E-state index is 0.0279. The molecule has 0 bridgehead atoms. The van der Waals surface area contributed by atoms with Crippen LogP contribution in [-0.4, -0.2) is 57.7 Å². The van der Waals surface area contributed by atoms with Crippen LogP contribution in [0, 0.1) is 5.92 Å². The van der Waals surface area contributed by atoms with Crippen molar-refractivity contribution < 1.29 is 39.0 Å². The van der Waals surface area contributed by atoms with E-state index in [0.717, 1.165) is 31.2 Å². The van der Waals surface area contributed by atoms with E-state index in [1.807, 2.05) is 26.0 Å². The second kappa shape index (κ2) is 36.3. The monoisotopic (exact) mass is 816 g/mol. The van der Waals surface area contributed by atoms with Crippen molar-refractivity contribution in [3.05, 3.63) is 35.4 Å². The van der Waals surface area contributed by atoms with Crippen molar-refractivity contribution in [3.63, 3.8) is 0 Å². The molecule has 0 radical (unpaired) electrons. The first-order valence-corrected chi connectivity index (χ1v) is 22.7. The minimum Gasteiger partial charge on any atom is -0.481 e. The fourth-order valence-electron chi connectivity index (χ4n) is 6.64. The van der Waals surface area contributed by atoms with Crippen LogP contribution in [0.15, 0.2) is 24.3 Å². The third kappa shape index (κ3) is 32.2. The topological polar surface area (TPSA) is 179 Å². The van der Waals surface area contributed by atoms with Crippen LogP contribution in [0.4, 0.5) is 0 Å². The van der Waals surface area contributed by atoms with Crippen molar-refractivity contribution in [3.8, 4) is 0 Å². The van der Waals surface area contributed by atoms with Crippen LogP contribution in [0.2, 0.25) is 0 Å². The molecular weight excluding hydrogens is 735 g/mol. The summed E-state index contributed by atoms with van der Waals surface area (Å²) < 4.78 is 0. The van der Waals surface area contributed by atoms with Crippen LogP contribution in [0.1, 0.15) is 217 Å². The van der Waals surface area contributed by atoms with Gasteiger partial charge in [0, 0.05) is 24.9 Å². The SMILES string of the molecule is CCCCCCCCCCCC(=O)NC(CC(=O)O)C(=O)O.CCCCCCCCCCCCCCCC(=O)NCc1ccc(C(=O)N[C@@H](CC(C)C)C(C)=O)cc1. The van der Waals surface area contributed by atoms with Gasteiger partial charge in [0.25, 0.3) is 5.91 Å². The summed E-state index contributed by atoms with van der Waals surface area (Å²) in [6, 6.07) is 5.40. The number of aliphatic carboxylic acids is 2. The minimum atomic E-state index is -1.34. The second-order valence-electron chi connectivity index (χ2n) is 16.4. The summed E-state index contributed by atoms with van der Waals surface area (Å²) in [7, 11) is 0. The van der Waals surface area contributed by atoms with E-state index < -0.39 is 36.4 Å². The van der Waals surface area contributed by atoms with Crippen LogP contribution >= 0.6 is 0 Å². The Balaban J connectivity index is 0.00000127. The molecule has 0 aliphatic carbocycles. The molecule has 332 valence electrons. The molecule has 11 nitrogen and oxygen atoms in total. The Bertz CT molecular complexity index is 1270. The van der Waals surface area contributed by atoms with Crippen LogP contribution in [0.3, 0.4) is 0 Å². The molecule has 0 aliphatic heterocycles. The molecule has 0 saturated heterocycles. The molecular formula is C47H81N3O8. The van der Waals surface area contributed by atoms with Gasteiger partial charge in [-0.2, -0.15) is 0 Å². The number of hydrogen-bond donors (Lipinski definition) is 5. The van der Waals surface area contributed by atoms with E-state index in [-0.39, 0.29) is 24.0 Å². The summed E-state index contributed by atoms with van der Waals surface area (Å²) in [5.41, 5.74) is 1.47. The highest BCUT2D eigenvalue weighted by atomic mass is 16.4. The third-order valence-electron chi connectivity index (χ3n) is 10.2. The Labute approximate surface area is 351 Å². The van der Waals surface area contributed by atoms with E-state index in [9.17, 15) is 28.8 Å². The number of carboxylic acid groups (broad SMARTS) is 2. The van der Waals surface area contributed by atoms with Gasteiger partial charge in [0.05, 0.1) is 12.5 Å². The molecule has 0 spiro atoms. The number of carbonyl (C=O) groups excluding carboxylic acids is 4. The van der Waals surface area contributed by atoms with Crippen molar-refractivity contribution in [1.29, 1.82) is 0 Å². The molecule has 3 amide bonds. The van der Waals surface area contributed by atoms with Crippen molar-refractivity contribution in [2.75, 3.05) is 0 Å². The highest BCUT2D eigenvalue weighted by molar-refractivity contribution is 5.97. The van der Waals surface area contributed by atoms with Crippen LogP contribution in [0.5, 0.6) is 0 Å². The van der Waals surface area contributed by atoms with Crippen molar-refractivity contribution in [1.82, 2.24) is 16.0 Å². The zero-order valence-corrected chi connectivity index (χ0v) is 37.0. The van der Waals surface area contributed by atoms with E-state index >= 15 is 0 Å². The molecule has 0 fully saturated rings. The molecule has 0 heterocycles. The second-order valence-corrected chi connectivity index (χ2v) is 16.4. The summed E-state index contributed by atoms with van der Waals surface area (Å²) in [6.07, 6.45) is 28.0. The number of rotatable bonds is 35. The van der Waals surface area contributed by atoms with E-state index in [2.05, 4.69) is 29.8 Å². The number of ketones is 1. The van der Waals surface area contributed by atoms with E-state index in [0.29, 0.717) is 37.3 Å². The van der Waals surface area contributed by atoms with Crippen LogP contribution < -0.4 is 16.0 Å². The smallest absolute Gasteiger partial charge is 0.326 e. The molecule has 58 heavy (non-hydrogen) atoms. The number of hydrogen-bond acceptors (Lipinski definition) is 6. The Morgan fingerprint density at radius 2 is 0.966 bits per heavy atom. The molecule has 1 aromatic carbocycles. The first-order chi connectivity index (χ1) is 27.8. The Hall–Kier alpha value is -3.76. The Morgan fingerprint density at radius 1 is 0.552 bits per heavy atom. The first kappa shape index (κ1) is 54.2.